The zero-order valence-electron chi connectivity index (χ0n) is 16.4. The summed E-state index contributed by atoms with van der Waals surface area (Å²) >= 11 is 0. The maximum Gasteiger partial charge on any atom is 0.420 e. The van der Waals surface area contributed by atoms with E-state index in [1.807, 2.05) is 0 Å². The van der Waals surface area contributed by atoms with Crippen LogP contribution in [0.4, 0.5) is 5.69 Å². The van der Waals surface area contributed by atoms with Gasteiger partial charge in [-0.25, -0.2) is 13.2 Å². The number of nitrogens with zero attached hydrogens (tertiary/aromatic N) is 3. The zero-order valence-corrected chi connectivity index (χ0v) is 17.2. The van der Waals surface area contributed by atoms with E-state index < -0.39 is 33.0 Å². The Hall–Kier alpha value is -3.31. The summed E-state index contributed by atoms with van der Waals surface area (Å²) < 4.78 is 33.4. The third-order valence-corrected chi connectivity index (χ3v) is 7.17. The molecule has 162 valence electrons. The first-order chi connectivity index (χ1) is 14.8. The molecule has 10 nitrogen and oxygen atoms in total. The first-order valence-corrected chi connectivity index (χ1v) is 11.1. The Morgan fingerprint density at radius 3 is 2.55 bits per heavy atom. The molecular weight excluding hydrogens is 426 g/mol. The Balaban J connectivity index is 1.65. The molecule has 0 atom stereocenters. The molecule has 4 rings (SSSR count). The lowest BCUT2D eigenvalue weighted by Crippen LogP contribution is -2.35. The van der Waals surface area contributed by atoms with Crippen molar-refractivity contribution in [3.05, 3.63) is 68.7 Å². The van der Waals surface area contributed by atoms with E-state index in [2.05, 4.69) is 0 Å². The summed E-state index contributed by atoms with van der Waals surface area (Å²) in [4.78, 5) is 35.2. The van der Waals surface area contributed by atoms with Crippen LogP contribution in [0, 0.1) is 10.1 Å². The number of nitro groups is 1. The van der Waals surface area contributed by atoms with Crippen molar-refractivity contribution >= 4 is 32.6 Å². The van der Waals surface area contributed by atoms with Crippen molar-refractivity contribution < 1.29 is 22.6 Å². The Kier molecular flexibility index (Phi) is 5.46. The normalized spacial score (nSPS) is 15.2. The van der Waals surface area contributed by atoms with Crippen LogP contribution < -0.4 is 5.76 Å². The molecule has 31 heavy (non-hydrogen) atoms. The van der Waals surface area contributed by atoms with E-state index in [1.165, 1.54) is 40.7 Å². The number of fused-ring (bicyclic) bond motifs is 1. The molecule has 11 heteroatoms. The van der Waals surface area contributed by atoms with Crippen molar-refractivity contribution in [3.8, 4) is 0 Å². The maximum absolute atomic E-state index is 12.9. The second-order valence-corrected chi connectivity index (χ2v) is 9.22. The van der Waals surface area contributed by atoms with Gasteiger partial charge in [-0.15, -0.1) is 0 Å². The number of piperidine rings is 1. The van der Waals surface area contributed by atoms with Crippen molar-refractivity contribution in [2.45, 2.75) is 30.7 Å². The summed E-state index contributed by atoms with van der Waals surface area (Å²) in [5.41, 5.74) is 0.166. The molecular formula is C20H19N3O7S. The smallest absolute Gasteiger partial charge is 0.408 e. The number of carbonyl (C=O) groups excluding carboxylic acids is 1. The summed E-state index contributed by atoms with van der Waals surface area (Å²) in [7, 11) is -3.70. The fraction of sp³-hybridized carbons (Fsp3) is 0.300. The van der Waals surface area contributed by atoms with Gasteiger partial charge in [-0.3, -0.25) is 19.5 Å². The summed E-state index contributed by atoms with van der Waals surface area (Å²) in [5, 5.41) is 10.9. The number of nitro benzene ring substituents is 1. The lowest BCUT2D eigenvalue weighted by molar-refractivity contribution is -0.384. The number of non-ortho nitro benzene ring substituents is 1. The Morgan fingerprint density at radius 1 is 1.10 bits per heavy atom. The average molecular weight is 445 g/mol. The van der Waals surface area contributed by atoms with E-state index in [9.17, 15) is 28.1 Å². The lowest BCUT2D eigenvalue weighted by Gasteiger charge is -2.25. The van der Waals surface area contributed by atoms with Crippen LogP contribution >= 0.6 is 0 Å². The highest BCUT2D eigenvalue weighted by atomic mass is 32.2. The molecule has 0 radical (unpaired) electrons. The Labute approximate surface area is 176 Å². The van der Waals surface area contributed by atoms with E-state index >= 15 is 0 Å². The first-order valence-electron chi connectivity index (χ1n) is 9.68. The largest absolute Gasteiger partial charge is 0.420 e. The van der Waals surface area contributed by atoms with Gasteiger partial charge < -0.3 is 4.42 Å². The predicted octanol–water partition coefficient (Wildman–Crippen LogP) is 2.56. The minimum Gasteiger partial charge on any atom is -0.408 e. The van der Waals surface area contributed by atoms with E-state index in [0.717, 1.165) is 29.9 Å². The summed E-state index contributed by atoms with van der Waals surface area (Å²) in [5.74, 6) is -1.33. The van der Waals surface area contributed by atoms with Crippen molar-refractivity contribution in [2.75, 3.05) is 13.1 Å². The van der Waals surface area contributed by atoms with Crippen LogP contribution in [-0.2, 0) is 16.6 Å². The van der Waals surface area contributed by atoms with Gasteiger partial charge in [-0.05, 0) is 25.0 Å². The first kappa shape index (κ1) is 20.9. The van der Waals surface area contributed by atoms with Gasteiger partial charge in [0.1, 0.15) is 0 Å². The number of aromatic nitrogens is 1. The molecule has 1 saturated heterocycles. The van der Waals surface area contributed by atoms with E-state index in [4.69, 9.17) is 4.42 Å². The molecule has 0 spiro atoms. The number of hydrogen-bond acceptors (Lipinski definition) is 7. The standard InChI is InChI=1S/C20H19N3O7S/c24-18(14-5-4-6-15(11-14)23(26)27)13-22-17-8-7-16(12-19(17)30-20(22)25)31(28,29)21-9-2-1-3-10-21/h4-8,11-12H,1-3,9-10,13H2. The number of carbonyl (C=O) groups is 1. The molecule has 0 amide bonds. The predicted molar refractivity (Wildman–Crippen MR) is 111 cm³/mol. The Morgan fingerprint density at radius 2 is 1.84 bits per heavy atom. The number of benzene rings is 2. The molecule has 0 unspecified atom stereocenters. The minimum atomic E-state index is -3.70. The molecule has 1 aliphatic heterocycles. The van der Waals surface area contributed by atoms with Gasteiger partial charge in [0.2, 0.25) is 10.0 Å². The van der Waals surface area contributed by atoms with E-state index in [-0.39, 0.29) is 27.2 Å². The summed E-state index contributed by atoms with van der Waals surface area (Å²) in [6.07, 6.45) is 2.58. The third-order valence-electron chi connectivity index (χ3n) is 5.27. The van der Waals surface area contributed by atoms with Crippen molar-refractivity contribution in [1.82, 2.24) is 8.87 Å². The second kappa shape index (κ2) is 8.08. The number of oxazole rings is 1. The highest BCUT2D eigenvalue weighted by molar-refractivity contribution is 7.89. The quantitative estimate of drug-likeness (QED) is 0.323. The molecule has 1 aliphatic rings. The van der Waals surface area contributed by atoms with Gasteiger partial charge in [-0.1, -0.05) is 18.6 Å². The van der Waals surface area contributed by atoms with Crippen LogP contribution in [-0.4, -0.2) is 41.1 Å². The highest BCUT2D eigenvalue weighted by Gasteiger charge is 2.27. The molecule has 2 heterocycles. The van der Waals surface area contributed by atoms with Crippen molar-refractivity contribution in [2.24, 2.45) is 0 Å². The third kappa shape index (κ3) is 4.01. The second-order valence-electron chi connectivity index (χ2n) is 7.28. The molecule has 3 aromatic rings. The van der Waals surface area contributed by atoms with Gasteiger partial charge in [0.05, 0.1) is 21.9 Å². The summed E-state index contributed by atoms with van der Waals surface area (Å²) in [6, 6.07) is 9.31. The molecule has 0 bridgehead atoms. The lowest BCUT2D eigenvalue weighted by atomic mass is 10.1. The SMILES string of the molecule is O=C(Cn1c(=O)oc2cc(S(=O)(=O)N3CCCCC3)ccc21)c1cccc([N+](=O)[O-])c1. The van der Waals surface area contributed by atoms with Gasteiger partial charge in [0, 0.05) is 36.9 Å². The van der Waals surface area contributed by atoms with Gasteiger partial charge in [0.25, 0.3) is 5.69 Å². The zero-order chi connectivity index (χ0) is 22.2. The van der Waals surface area contributed by atoms with E-state index in [1.54, 1.807) is 0 Å². The number of hydrogen-bond donors (Lipinski definition) is 0. The fourth-order valence-electron chi connectivity index (χ4n) is 3.64. The van der Waals surface area contributed by atoms with Gasteiger partial charge in [-0.2, -0.15) is 4.31 Å². The van der Waals surface area contributed by atoms with E-state index in [0.29, 0.717) is 13.1 Å². The monoisotopic (exact) mass is 445 g/mol. The molecule has 0 N–H and O–H groups in total. The Bertz CT molecular complexity index is 1330. The maximum atomic E-state index is 12.9. The van der Waals surface area contributed by atoms with Crippen molar-refractivity contribution in [3.63, 3.8) is 0 Å². The topological polar surface area (TPSA) is 133 Å². The number of rotatable bonds is 6. The van der Waals surface area contributed by atoms with Crippen LogP contribution in [0.3, 0.4) is 0 Å². The highest BCUT2D eigenvalue weighted by Crippen LogP contribution is 2.24. The van der Waals surface area contributed by atoms with Crippen LogP contribution in [0.1, 0.15) is 29.6 Å². The minimum absolute atomic E-state index is 0.0211. The molecule has 2 aromatic carbocycles. The van der Waals surface area contributed by atoms with Crippen molar-refractivity contribution in [1.29, 1.82) is 0 Å². The van der Waals surface area contributed by atoms with Gasteiger partial charge in [0.15, 0.2) is 11.4 Å². The molecule has 0 saturated carbocycles. The van der Waals surface area contributed by atoms with Crippen LogP contribution in [0.5, 0.6) is 0 Å². The number of sulfonamides is 1. The van der Waals surface area contributed by atoms with Gasteiger partial charge >= 0.3 is 5.76 Å². The van der Waals surface area contributed by atoms with Crippen LogP contribution in [0.25, 0.3) is 11.1 Å². The molecule has 1 aromatic heterocycles. The molecule has 1 fully saturated rings. The van der Waals surface area contributed by atoms with Crippen LogP contribution in [0.2, 0.25) is 0 Å². The number of Topliss-reactive ketones (excluding diaryl/α,β-unsaturated/α-hetero) is 1. The fourth-order valence-corrected chi connectivity index (χ4v) is 5.17. The average Bonchev–Trinajstić information content (AvgIpc) is 3.08. The number of ketones is 1. The molecule has 0 aliphatic carbocycles. The summed E-state index contributed by atoms with van der Waals surface area (Å²) in [6.45, 7) is 0.497. The van der Waals surface area contributed by atoms with Crippen LogP contribution in [0.15, 0.2) is 56.6 Å².